The standard InChI is InChI=1S/C9H13NO7S/c1-2-3-18(13,14)7-5-16-8-6(17-10(11)12)4-15-9(7)8/h2,6-9H,1,3-5H2/t6-,7+,8-,9-/m1/s1. The maximum absolute atomic E-state index is 11.9. The van der Waals surface area contributed by atoms with E-state index >= 15 is 0 Å². The number of sulfone groups is 1. The van der Waals surface area contributed by atoms with Gasteiger partial charge in [0.2, 0.25) is 0 Å². The normalized spacial score (nSPS) is 35.1. The second-order valence-corrected chi connectivity index (χ2v) is 6.38. The Balaban J connectivity index is 2.09. The lowest BCUT2D eigenvalue weighted by atomic mass is 10.1. The van der Waals surface area contributed by atoms with Crippen LogP contribution in [0.2, 0.25) is 0 Å². The van der Waals surface area contributed by atoms with E-state index in [1.165, 1.54) is 6.08 Å². The van der Waals surface area contributed by atoms with Crippen LogP contribution in [0.5, 0.6) is 0 Å². The fourth-order valence-electron chi connectivity index (χ4n) is 2.23. The summed E-state index contributed by atoms with van der Waals surface area (Å²) >= 11 is 0. The van der Waals surface area contributed by atoms with Crippen molar-refractivity contribution < 1.29 is 27.8 Å². The van der Waals surface area contributed by atoms with Gasteiger partial charge in [-0.15, -0.1) is 16.7 Å². The van der Waals surface area contributed by atoms with Gasteiger partial charge in [-0.3, -0.25) is 0 Å². The first-order valence-electron chi connectivity index (χ1n) is 5.32. The van der Waals surface area contributed by atoms with Gasteiger partial charge in [0.25, 0.3) is 5.09 Å². The van der Waals surface area contributed by atoms with Gasteiger partial charge in [0.1, 0.15) is 17.5 Å². The van der Waals surface area contributed by atoms with Crippen LogP contribution in [0.4, 0.5) is 0 Å². The average molecular weight is 279 g/mol. The van der Waals surface area contributed by atoms with Gasteiger partial charge in [0.05, 0.1) is 19.0 Å². The van der Waals surface area contributed by atoms with Crippen molar-refractivity contribution in [1.29, 1.82) is 0 Å². The quantitative estimate of drug-likeness (QED) is 0.373. The molecule has 2 aliphatic rings. The Morgan fingerprint density at radius 2 is 2.06 bits per heavy atom. The topological polar surface area (TPSA) is 105 Å². The van der Waals surface area contributed by atoms with Crippen LogP contribution in [0.1, 0.15) is 0 Å². The Kier molecular flexibility index (Phi) is 3.55. The van der Waals surface area contributed by atoms with Crippen molar-refractivity contribution in [2.75, 3.05) is 19.0 Å². The molecule has 2 heterocycles. The van der Waals surface area contributed by atoms with Crippen molar-refractivity contribution in [3.05, 3.63) is 22.8 Å². The molecule has 0 bridgehead atoms. The smallest absolute Gasteiger partial charge is 0.294 e. The van der Waals surface area contributed by atoms with Crippen molar-refractivity contribution in [2.24, 2.45) is 0 Å². The molecule has 4 atom stereocenters. The maximum Gasteiger partial charge on any atom is 0.294 e. The first-order valence-corrected chi connectivity index (χ1v) is 7.04. The lowest BCUT2D eigenvalue weighted by molar-refractivity contribution is -0.769. The molecule has 2 saturated heterocycles. The molecule has 0 unspecified atom stereocenters. The van der Waals surface area contributed by atoms with E-state index < -0.39 is 38.5 Å². The summed E-state index contributed by atoms with van der Waals surface area (Å²) in [4.78, 5) is 14.7. The Bertz CT molecular complexity index is 448. The summed E-state index contributed by atoms with van der Waals surface area (Å²) in [7, 11) is -3.41. The molecule has 0 aromatic heterocycles. The molecule has 0 saturated carbocycles. The monoisotopic (exact) mass is 279 g/mol. The van der Waals surface area contributed by atoms with E-state index in [4.69, 9.17) is 9.47 Å². The molecule has 0 radical (unpaired) electrons. The third kappa shape index (κ3) is 2.33. The first-order chi connectivity index (χ1) is 8.45. The molecule has 0 spiro atoms. The van der Waals surface area contributed by atoms with Crippen LogP contribution in [0, 0.1) is 10.1 Å². The van der Waals surface area contributed by atoms with E-state index in [1.807, 2.05) is 0 Å². The molecule has 18 heavy (non-hydrogen) atoms. The fourth-order valence-corrected chi connectivity index (χ4v) is 3.73. The summed E-state index contributed by atoms with van der Waals surface area (Å²) in [5, 5.41) is 8.52. The minimum Gasteiger partial charge on any atom is -0.372 e. The number of ether oxygens (including phenoxy) is 2. The number of fused-ring (bicyclic) bond motifs is 1. The summed E-state index contributed by atoms with van der Waals surface area (Å²) in [6.45, 7) is 3.30. The molecule has 2 rings (SSSR count). The predicted molar refractivity (Wildman–Crippen MR) is 59.1 cm³/mol. The van der Waals surface area contributed by atoms with E-state index in [-0.39, 0.29) is 19.0 Å². The minimum atomic E-state index is -3.41. The Morgan fingerprint density at radius 1 is 1.39 bits per heavy atom. The molecular formula is C9H13NO7S. The summed E-state index contributed by atoms with van der Waals surface area (Å²) in [5.74, 6) is -0.172. The van der Waals surface area contributed by atoms with Crippen molar-refractivity contribution in [1.82, 2.24) is 0 Å². The van der Waals surface area contributed by atoms with Gasteiger partial charge in [-0.1, -0.05) is 6.08 Å². The van der Waals surface area contributed by atoms with Crippen LogP contribution in [0.3, 0.4) is 0 Å². The van der Waals surface area contributed by atoms with Crippen LogP contribution in [0.15, 0.2) is 12.7 Å². The third-order valence-electron chi connectivity index (χ3n) is 3.00. The van der Waals surface area contributed by atoms with Gasteiger partial charge in [-0.25, -0.2) is 8.42 Å². The summed E-state index contributed by atoms with van der Waals surface area (Å²) in [5.41, 5.74) is 0. The lowest BCUT2D eigenvalue weighted by Crippen LogP contribution is -2.38. The maximum atomic E-state index is 11.9. The highest BCUT2D eigenvalue weighted by atomic mass is 32.2. The summed E-state index contributed by atoms with van der Waals surface area (Å²) in [6.07, 6.45) is -0.989. The Morgan fingerprint density at radius 3 is 2.67 bits per heavy atom. The van der Waals surface area contributed by atoms with E-state index in [1.54, 1.807) is 0 Å². The van der Waals surface area contributed by atoms with Crippen LogP contribution < -0.4 is 0 Å². The van der Waals surface area contributed by atoms with Gasteiger partial charge in [-0.05, 0) is 0 Å². The second-order valence-electron chi connectivity index (χ2n) is 4.12. The van der Waals surface area contributed by atoms with Gasteiger partial charge < -0.3 is 14.3 Å². The SMILES string of the molecule is C=CCS(=O)(=O)[C@H]1CO[C@H]2[C@@H]1OC[C@H]2O[N+](=O)[O-]. The van der Waals surface area contributed by atoms with E-state index in [9.17, 15) is 18.5 Å². The van der Waals surface area contributed by atoms with Crippen molar-refractivity contribution >= 4 is 9.84 Å². The zero-order chi connectivity index (χ0) is 13.3. The van der Waals surface area contributed by atoms with Crippen molar-refractivity contribution in [3.8, 4) is 0 Å². The molecule has 0 N–H and O–H groups in total. The first kappa shape index (κ1) is 13.2. The minimum absolute atomic E-state index is 0.0386. The average Bonchev–Trinajstić information content (AvgIpc) is 2.80. The lowest BCUT2D eigenvalue weighted by Gasteiger charge is -2.15. The van der Waals surface area contributed by atoms with E-state index in [2.05, 4.69) is 11.4 Å². The third-order valence-corrected chi connectivity index (χ3v) is 5.02. The van der Waals surface area contributed by atoms with E-state index in [0.29, 0.717) is 0 Å². The van der Waals surface area contributed by atoms with Crippen molar-refractivity contribution in [3.63, 3.8) is 0 Å². The van der Waals surface area contributed by atoms with Crippen LogP contribution in [-0.4, -0.2) is 56.0 Å². The zero-order valence-corrected chi connectivity index (χ0v) is 10.2. The van der Waals surface area contributed by atoms with Crippen LogP contribution in [0.25, 0.3) is 0 Å². The molecule has 0 aromatic carbocycles. The zero-order valence-electron chi connectivity index (χ0n) is 9.43. The number of hydrogen-bond acceptors (Lipinski definition) is 7. The van der Waals surface area contributed by atoms with Crippen molar-refractivity contribution in [2.45, 2.75) is 23.6 Å². The van der Waals surface area contributed by atoms with Gasteiger partial charge in [-0.2, -0.15) is 0 Å². The molecule has 102 valence electrons. The van der Waals surface area contributed by atoms with Crippen LogP contribution >= 0.6 is 0 Å². The van der Waals surface area contributed by atoms with Gasteiger partial charge >= 0.3 is 0 Å². The highest BCUT2D eigenvalue weighted by Gasteiger charge is 2.53. The largest absolute Gasteiger partial charge is 0.372 e. The van der Waals surface area contributed by atoms with Gasteiger partial charge in [0.15, 0.2) is 15.9 Å². The molecule has 9 heteroatoms. The number of rotatable bonds is 5. The van der Waals surface area contributed by atoms with E-state index in [0.717, 1.165) is 0 Å². The molecular weight excluding hydrogens is 266 g/mol. The Labute approximate surface area is 104 Å². The Hall–Kier alpha value is -1.19. The summed E-state index contributed by atoms with van der Waals surface area (Å²) in [6, 6.07) is 0. The molecule has 2 aliphatic heterocycles. The molecule has 0 amide bonds. The number of hydrogen-bond donors (Lipinski definition) is 0. The molecule has 8 nitrogen and oxygen atoms in total. The molecule has 2 fully saturated rings. The highest BCUT2D eigenvalue weighted by molar-refractivity contribution is 7.92. The number of nitrogens with zero attached hydrogens (tertiary/aromatic N) is 1. The predicted octanol–water partition coefficient (Wildman–Crippen LogP) is -0.670. The molecule has 0 aromatic rings. The fraction of sp³-hybridized carbons (Fsp3) is 0.778. The van der Waals surface area contributed by atoms with Crippen LogP contribution in [-0.2, 0) is 24.1 Å². The second kappa shape index (κ2) is 4.82. The summed E-state index contributed by atoms with van der Waals surface area (Å²) < 4.78 is 34.3. The molecule has 0 aliphatic carbocycles. The highest BCUT2D eigenvalue weighted by Crippen LogP contribution is 2.32. The van der Waals surface area contributed by atoms with Gasteiger partial charge in [0, 0.05) is 0 Å².